The van der Waals surface area contributed by atoms with Crippen LogP contribution in [0.2, 0.25) is 0 Å². The van der Waals surface area contributed by atoms with Crippen molar-refractivity contribution in [1.82, 2.24) is 20.1 Å². The van der Waals surface area contributed by atoms with Crippen LogP contribution in [0.3, 0.4) is 0 Å². The van der Waals surface area contributed by atoms with Gasteiger partial charge in [-0.1, -0.05) is 0 Å². The van der Waals surface area contributed by atoms with Crippen LogP contribution in [0.1, 0.15) is 15.4 Å². The second-order valence-corrected chi connectivity index (χ2v) is 6.13. The zero-order valence-electron chi connectivity index (χ0n) is 11.4. The summed E-state index contributed by atoms with van der Waals surface area (Å²) in [5, 5.41) is 11.5. The fraction of sp³-hybridized carbons (Fsp3) is 0.214. The van der Waals surface area contributed by atoms with E-state index in [4.69, 9.17) is 0 Å². The minimum atomic E-state index is -0.0692. The molecule has 3 heterocycles. The zero-order valence-corrected chi connectivity index (χ0v) is 13.1. The summed E-state index contributed by atoms with van der Waals surface area (Å²) in [6.45, 7) is 3.03. The number of thiophene rings is 1. The third-order valence-corrected chi connectivity index (χ3v) is 4.65. The lowest BCUT2D eigenvalue weighted by atomic mass is 10.2. The van der Waals surface area contributed by atoms with E-state index in [2.05, 4.69) is 20.8 Å². The van der Waals surface area contributed by atoms with Crippen LogP contribution < -0.4 is 5.32 Å². The van der Waals surface area contributed by atoms with E-state index in [1.165, 1.54) is 11.3 Å². The Morgan fingerprint density at radius 1 is 1.43 bits per heavy atom. The smallest absolute Gasteiger partial charge is 0.263 e. The molecular formula is C14H14N4OS2. The molecule has 0 radical (unpaired) electrons. The van der Waals surface area contributed by atoms with E-state index in [0.29, 0.717) is 18.0 Å². The van der Waals surface area contributed by atoms with Crippen LogP contribution in [0.5, 0.6) is 0 Å². The van der Waals surface area contributed by atoms with Crippen molar-refractivity contribution < 1.29 is 4.79 Å². The van der Waals surface area contributed by atoms with Gasteiger partial charge in [0, 0.05) is 23.7 Å². The van der Waals surface area contributed by atoms with Crippen LogP contribution in [0.15, 0.2) is 34.6 Å². The van der Waals surface area contributed by atoms with E-state index in [1.807, 2.05) is 35.3 Å². The van der Waals surface area contributed by atoms with Gasteiger partial charge in [0.1, 0.15) is 4.88 Å². The molecule has 0 aliphatic carbocycles. The van der Waals surface area contributed by atoms with E-state index < -0.39 is 0 Å². The molecule has 3 aromatic heterocycles. The molecule has 108 valence electrons. The second-order valence-electron chi connectivity index (χ2n) is 4.50. The second kappa shape index (κ2) is 6.19. The molecule has 7 heteroatoms. The molecule has 0 atom stereocenters. The molecule has 1 amide bonds. The molecule has 21 heavy (non-hydrogen) atoms. The normalized spacial score (nSPS) is 10.7. The molecular weight excluding hydrogens is 304 g/mol. The molecule has 5 nitrogen and oxygen atoms in total. The average molecular weight is 318 g/mol. The number of carbonyl (C=O) groups is 1. The van der Waals surface area contributed by atoms with Gasteiger partial charge in [-0.15, -0.1) is 11.3 Å². The van der Waals surface area contributed by atoms with E-state index in [1.54, 1.807) is 16.8 Å². The van der Waals surface area contributed by atoms with E-state index in [-0.39, 0.29) is 5.91 Å². The van der Waals surface area contributed by atoms with Gasteiger partial charge in [0.05, 0.1) is 23.4 Å². The molecule has 0 aliphatic heterocycles. The Labute approximate surface area is 130 Å². The highest BCUT2D eigenvalue weighted by atomic mass is 32.1. The number of hydrogen-bond donors (Lipinski definition) is 1. The first-order valence-electron chi connectivity index (χ1n) is 6.48. The molecule has 0 aliphatic rings. The lowest BCUT2D eigenvalue weighted by molar-refractivity contribution is 0.0955. The monoisotopic (exact) mass is 318 g/mol. The Balaban J connectivity index is 1.54. The van der Waals surface area contributed by atoms with Gasteiger partial charge in [0.2, 0.25) is 0 Å². The molecule has 0 saturated heterocycles. The number of rotatable bonds is 5. The van der Waals surface area contributed by atoms with Crippen molar-refractivity contribution in [1.29, 1.82) is 0 Å². The van der Waals surface area contributed by atoms with Gasteiger partial charge in [-0.25, -0.2) is 4.98 Å². The molecule has 0 aromatic carbocycles. The number of carbonyl (C=O) groups excluding carboxylic acids is 1. The van der Waals surface area contributed by atoms with E-state index in [0.717, 1.165) is 17.0 Å². The highest BCUT2D eigenvalue weighted by Crippen LogP contribution is 2.19. The van der Waals surface area contributed by atoms with Gasteiger partial charge >= 0.3 is 0 Å². The third kappa shape index (κ3) is 3.20. The summed E-state index contributed by atoms with van der Waals surface area (Å²) in [6.07, 6.45) is 1.93. The van der Waals surface area contributed by atoms with Gasteiger partial charge in [-0.2, -0.15) is 16.4 Å². The van der Waals surface area contributed by atoms with Gasteiger partial charge in [0.25, 0.3) is 5.91 Å². The summed E-state index contributed by atoms with van der Waals surface area (Å²) >= 11 is 3.02. The highest BCUT2D eigenvalue weighted by Gasteiger charge is 2.10. The first-order valence-corrected chi connectivity index (χ1v) is 8.30. The molecule has 3 aromatic rings. The maximum Gasteiger partial charge on any atom is 0.263 e. The lowest BCUT2D eigenvalue weighted by Crippen LogP contribution is -2.27. The fourth-order valence-electron chi connectivity index (χ4n) is 1.93. The predicted octanol–water partition coefficient (Wildman–Crippen LogP) is 2.81. The van der Waals surface area contributed by atoms with Crippen LogP contribution in [-0.2, 0) is 6.54 Å². The Morgan fingerprint density at radius 2 is 2.33 bits per heavy atom. The number of aromatic nitrogens is 3. The first kappa shape index (κ1) is 14.0. The maximum absolute atomic E-state index is 11.9. The SMILES string of the molecule is Cc1ncsc1C(=O)NCCn1ccc(-c2ccsc2)n1. The van der Waals surface area contributed by atoms with Gasteiger partial charge in [-0.3, -0.25) is 9.48 Å². The molecule has 1 N–H and O–H groups in total. The molecule has 0 unspecified atom stereocenters. The lowest BCUT2D eigenvalue weighted by Gasteiger charge is -2.04. The van der Waals surface area contributed by atoms with Crippen LogP contribution >= 0.6 is 22.7 Å². The Morgan fingerprint density at radius 3 is 3.05 bits per heavy atom. The van der Waals surface area contributed by atoms with Gasteiger partial charge < -0.3 is 5.32 Å². The average Bonchev–Trinajstić information content (AvgIpc) is 3.19. The minimum absolute atomic E-state index is 0.0692. The Bertz CT molecular complexity index is 730. The summed E-state index contributed by atoms with van der Waals surface area (Å²) in [5.41, 5.74) is 4.55. The number of amides is 1. The van der Waals surface area contributed by atoms with Crippen molar-refractivity contribution in [3.8, 4) is 11.3 Å². The fourth-order valence-corrected chi connectivity index (χ4v) is 3.30. The van der Waals surface area contributed by atoms with Crippen molar-refractivity contribution in [2.75, 3.05) is 6.54 Å². The van der Waals surface area contributed by atoms with Crippen LogP contribution in [0, 0.1) is 6.92 Å². The van der Waals surface area contributed by atoms with Crippen molar-refractivity contribution in [3.05, 3.63) is 45.2 Å². The van der Waals surface area contributed by atoms with Crippen LogP contribution in [-0.4, -0.2) is 27.2 Å². The molecule has 0 bridgehead atoms. The molecule has 0 spiro atoms. The largest absolute Gasteiger partial charge is 0.349 e. The zero-order chi connectivity index (χ0) is 14.7. The quantitative estimate of drug-likeness (QED) is 0.787. The summed E-state index contributed by atoms with van der Waals surface area (Å²) in [7, 11) is 0. The van der Waals surface area contributed by atoms with Crippen molar-refractivity contribution in [3.63, 3.8) is 0 Å². The van der Waals surface area contributed by atoms with Crippen molar-refractivity contribution >= 4 is 28.6 Å². The van der Waals surface area contributed by atoms with Gasteiger partial charge in [-0.05, 0) is 24.4 Å². The first-order chi connectivity index (χ1) is 10.2. The maximum atomic E-state index is 11.9. The van der Waals surface area contributed by atoms with Crippen molar-refractivity contribution in [2.24, 2.45) is 0 Å². The van der Waals surface area contributed by atoms with Gasteiger partial charge in [0.15, 0.2) is 0 Å². The number of hydrogen-bond acceptors (Lipinski definition) is 5. The van der Waals surface area contributed by atoms with Crippen LogP contribution in [0.4, 0.5) is 0 Å². The van der Waals surface area contributed by atoms with E-state index >= 15 is 0 Å². The summed E-state index contributed by atoms with van der Waals surface area (Å²) in [4.78, 5) is 16.7. The number of thiazole rings is 1. The standard InChI is InChI=1S/C14H14N4OS2/c1-10-13(21-9-16-10)14(19)15-4-6-18-5-2-12(17-18)11-3-7-20-8-11/h2-3,5,7-9H,4,6H2,1H3,(H,15,19). The number of nitrogens with one attached hydrogen (secondary N) is 1. The predicted molar refractivity (Wildman–Crippen MR) is 84.7 cm³/mol. The van der Waals surface area contributed by atoms with Crippen molar-refractivity contribution in [2.45, 2.75) is 13.5 Å². The molecule has 0 saturated carbocycles. The Kier molecular flexibility index (Phi) is 4.12. The topological polar surface area (TPSA) is 59.8 Å². The number of nitrogens with zero attached hydrogens (tertiary/aromatic N) is 3. The third-order valence-electron chi connectivity index (χ3n) is 3.04. The highest BCUT2D eigenvalue weighted by molar-refractivity contribution is 7.11. The molecule has 3 rings (SSSR count). The summed E-state index contributed by atoms with van der Waals surface area (Å²) in [6, 6.07) is 4.03. The summed E-state index contributed by atoms with van der Waals surface area (Å²) in [5.74, 6) is -0.0692. The van der Waals surface area contributed by atoms with Crippen LogP contribution in [0.25, 0.3) is 11.3 Å². The molecule has 0 fully saturated rings. The number of aryl methyl sites for hydroxylation is 1. The van der Waals surface area contributed by atoms with E-state index in [9.17, 15) is 4.79 Å². The Hall–Kier alpha value is -1.99. The minimum Gasteiger partial charge on any atom is -0.349 e. The summed E-state index contributed by atoms with van der Waals surface area (Å²) < 4.78 is 1.84.